The Bertz CT molecular complexity index is 713. The minimum Gasteiger partial charge on any atom is -0.435 e. The smallest absolute Gasteiger partial charge is 0.387 e. The lowest BCUT2D eigenvalue weighted by Crippen LogP contribution is -2.24. The van der Waals surface area contributed by atoms with Gasteiger partial charge in [-0.1, -0.05) is 28.1 Å². The summed E-state index contributed by atoms with van der Waals surface area (Å²) >= 11 is 4.86. The number of hydrogen-bond donors (Lipinski definition) is 1. The van der Waals surface area contributed by atoms with E-state index in [1.807, 2.05) is 25.1 Å². The van der Waals surface area contributed by atoms with E-state index < -0.39 is 6.61 Å². The van der Waals surface area contributed by atoms with Gasteiger partial charge in [0.2, 0.25) is 5.91 Å². The number of benzene rings is 2. The average molecular weight is 416 g/mol. The number of halogens is 3. The molecule has 128 valence electrons. The first-order valence-corrected chi connectivity index (χ1v) is 8.91. The second-order valence-electron chi connectivity index (χ2n) is 5.00. The Kier molecular flexibility index (Phi) is 7.05. The molecule has 0 unspecified atom stereocenters. The summed E-state index contributed by atoms with van der Waals surface area (Å²) in [5, 5.41) is 2.77. The standard InChI is InChI=1S/C17H16BrF2NO2S/c1-11-7-13(18)5-6-15(11)24-10-16(22)21-9-12-3-2-4-14(8-12)23-17(19)20/h2-8,17H,9-10H2,1H3,(H,21,22). The average Bonchev–Trinajstić information content (AvgIpc) is 2.52. The van der Waals surface area contributed by atoms with Gasteiger partial charge < -0.3 is 10.1 Å². The first kappa shape index (κ1) is 18.7. The highest BCUT2D eigenvalue weighted by molar-refractivity contribution is 9.10. The van der Waals surface area contributed by atoms with Crippen molar-refractivity contribution in [1.82, 2.24) is 5.32 Å². The van der Waals surface area contributed by atoms with Gasteiger partial charge in [0.1, 0.15) is 5.75 Å². The van der Waals surface area contributed by atoms with Crippen LogP contribution in [0.15, 0.2) is 51.8 Å². The van der Waals surface area contributed by atoms with Crippen LogP contribution in [0.4, 0.5) is 8.78 Å². The number of aryl methyl sites for hydroxylation is 1. The lowest BCUT2D eigenvalue weighted by molar-refractivity contribution is -0.118. The molecule has 7 heteroatoms. The van der Waals surface area contributed by atoms with Gasteiger partial charge >= 0.3 is 6.61 Å². The van der Waals surface area contributed by atoms with Crippen molar-refractivity contribution in [3.8, 4) is 5.75 Å². The van der Waals surface area contributed by atoms with E-state index in [0.717, 1.165) is 14.9 Å². The first-order valence-electron chi connectivity index (χ1n) is 7.13. The summed E-state index contributed by atoms with van der Waals surface area (Å²) in [6.45, 7) is -0.612. The van der Waals surface area contributed by atoms with Gasteiger partial charge in [-0.25, -0.2) is 0 Å². The SMILES string of the molecule is Cc1cc(Br)ccc1SCC(=O)NCc1cccc(OC(F)F)c1. The van der Waals surface area contributed by atoms with Crippen molar-refractivity contribution in [2.75, 3.05) is 5.75 Å². The quantitative estimate of drug-likeness (QED) is 0.661. The van der Waals surface area contributed by atoms with E-state index in [-0.39, 0.29) is 24.0 Å². The number of ether oxygens (including phenoxy) is 1. The zero-order valence-corrected chi connectivity index (χ0v) is 15.3. The molecule has 0 heterocycles. The van der Waals surface area contributed by atoms with Crippen molar-refractivity contribution in [3.63, 3.8) is 0 Å². The summed E-state index contributed by atoms with van der Waals surface area (Å²) in [6, 6.07) is 12.2. The normalized spacial score (nSPS) is 10.7. The molecule has 2 aromatic rings. The summed E-state index contributed by atoms with van der Waals surface area (Å²) < 4.78 is 29.7. The van der Waals surface area contributed by atoms with Gasteiger partial charge in [-0.2, -0.15) is 8.78 Å². The molecule has 0 saturated carbocycles. The highest BCUT2D eigenvalue weighted by atomic mass is 79.9. The van der Waals surface area contributed by atoms with Crippen LogP contribution in [0, 0.1) is 6.92 Å². The molecule has 0 fully saturated rings. The Morgan fingerprint density at radius 1 is 1.29 bits per heavy atom. The van der Waals surface area contributed by atoms with Gasteiger partial charge in [0, 0.05) is 15.9 Å². The fourth-order valence-corrected chi connectivity index (χ4v) is 3.32. The maximum absolute atomic E-state index is 12.2. The fraction of sp³-hybridized carbons (Fsp3) is 0.235. The van der Waals surface area contributed by atoms with E-state index >= 15 is 0 Å². The van der Waals surface area contributed by atoms with Crippen molar-refractivity contribution >= 4 is 33.6 Å². The van der Waals surface area contributed by atoms with E-state index in [1.165, 1.54) is 23.9 Å². The van der Waals surface area contributed by atoms with Gasteiger partial charge in [0.25, 0.3) is 0 Å². The zero-order valence-electron chi connectivity index (χ0n) is 12.9. The van der Waals surface area contributed by atoms with Crippen LogP contribution in [0.5, 0.6) is 5.75 Å². The highest BCUT2D eigenvalue weighted by Gasteiger charge is 2.07. The molecule has 1 N–H and O–H groups in total. The number of hydrogen-bond acceptors (Lipinski definition) is 3. The van der Waals surface area contributed by atoms with Crippen molar-refractivity contribution in [1.29, 1.82) is 0 Å². The second-order valence-corrected chi connectivity index (χ2v) is 6.93. The molecule has 1 amide bonds. The number of alkyl halides is 2. The molecular weight excluding hydrogens is 400 g/mol. The highest BCUT2D eigenvalue weighted by Crippen LogP contribution is 2.25. The van der Waals surface area contributed by atoms with Crippen molar-refractivity contribution in [2.45, 2.75) is 25.0 Å². The molecule has 3 nitrogen and oxygen atoms in total. The molecule has 0 atom stereocenters. The Morgan fingerprint density at radius 3 is 2.79 bits per heavy atom. The third-order valence-corrected chi connectivity index (χ3v) is 4.78. The molecule has 0 bridgehead atoms. The number of rotatable bonds is 7. The number of nitrogens with one attached hydrogen (secondary N) is 1. The molecule has 0 saturated heterocycles. The van der Waals surface area contributed by atoms with Gasteiger partial charge in [-0.15, -0.1) is 11.8 Å². The summed E-state index contributed by atoms with van der Waals surface area (Å²) in [5.41, 5.74) is 1.80. The zero-order chi connectivity index (χ0) is 17.5. The van der Waals surface area contributed by atoms with Crippen LogP contribution in [0.25, 0.3) is 0 Å². The van der Waals surface area contributed by atoms with E-state index in [4.69, 9.17) is 0 Å². The van der Waals surface area contributed by atoms with Crippen molar-refractivity contribution in [3.05, 3.63) is 58.1 Å². The van der Waals surface area contributed by atoms with E-state index in [0.29, 0.717) is 5.56 Å². The summed E-state index contributed by atoms with van der Waals surface area (Å²) in [4.78, 5) is 13.0. The maximum Gasteiger partial charge on any atom is 0.387 e. The minimum absolute atomic E-state index is 0.0802. The van der Waals surface area contributed by atoms with Crippen LogP contribution >= 0.6 is 27.7 Å². The molecule has 0 aliphatic heterocycles. The summed E-state index contributed by atoms with van der Waals surface area (Å²) in [6.07, 6.45) is 0. The van der Waals surface area contributed by atoms with Crippen molar-refractivity contribution in [2.24, 2.45) is 0 Å². The number of thioether (sulfide) groups is 1. The predicted octanol–water partition coefficient (Wildman–Crippen LogP) is 4.77. The van der Waals surface area contributed by atoms with Crippen LogP contribution in [0.1, 0.15) is 11.1 Å². The topological polar surface area (TPSA) is 38.3 Å². The largest absolute Gasteiger partial charge is 0.435 e. The van der Waals surface area contributed by atoms with Crippen LogP contribution in [-0.4, -0.2) is 18.3 Å². The number of carbonyl (C=O) groups excluding carboxylic acids is 1. The third kappa shape index (κ3) is 6.13. The molecule has 0 spiro atoms. The molecule has 0 radical (unpaired) electrons. The Balaban J connectivity index is 1.82. The van der Waals surface area contributed by atoms with Gasteiger partial charge in [0.15, 0.2) is 0 Å². The minimum atomic E-state index is -2.86. The Morgan fingerprint density at radius 2 is 2.08 bits per heavy atom. The second kappa shape index (κ2) is 9.03. The van der Waals surface area contributed by atoms with Gasteiger partial charge in [-0.3, -0.25) is 4.79 Å². The van der Waals surface area contributed by atoms with Crippen molar-refractivity contribution < 1.29 is 18.3 Å². The van der Waals surface area contributed by atoms with E-state index in [1.54, 1.807) is 12.1 Å². The third-order valence-electron chi connectivity index (χ3n) is 3.11. The number of amides is 1. The monoisotopic (exact) mass is 415 g/mol. The fourth-order valence-electron chi connectivity index (χ4n) is 2.00. The Hall–Kier alpha value is -1.60. The number of carbonyl (C=O) groups is 1. The molecule has 0 aliphatic rings. The Labute approximate surface area is 151 Å². The van der Waals surface area contributed by atoms with Crippen LogP contribution < -0.4 is 10.1 Å². The van der Waals surface area contributed by atoms with Gasteiger partial charge in [-0.05, 0) is 48.4 Å². The summed E-state index contributed by atoms with van der Waals surface area (Å²) in [7, 11) is 0. The van der Waals surface area contributed by atoms with E-state index in [2.05, 4.69) is 26.0 Å². The van der Waals surface area contributed by atoms with Gasteiger partial charge in [0.05, 0.1) is 5.75 Å². The maximum atomic E-state index is 12.2. The lowest BCUT2D eigenvalue weighted by Gasteiger charge is -2.09. The predicted molar refractivity (Wildman–Crippen MR) is 94.5 cm³/mol. The van der Waals surface area contributed by atoms with Crippen LogP contribution in [-0.2, 0) is 11.3 Å². The molecule has 2 rings (SSSR count). The van der Waals surface area contributed by atoms with E-state index in [9.17, 15) is 13.6 Å². The lowest BCUT2D eigenvalue weighted by atomic mass is 10.2. The molecular formula is C17H16BrF2NO2S. The first-order chi connectivity index (χ1) is 11.4. The van der Waals surface area contributed by atoms with Crippen LogP contribution in [0.3, 0.4) is 0 Å². The molecule has 24 heavy (non-hydrogen) atoms. The molecule has 2 aromatic carbocycles. The van der Waals surface area contributed by atoms with Crippen LogP contribution in [0.2, 0.25) is 0 Å². The molecule has 0 aromatic heterocycles. The summed E-state index contributed by atoms with van der Waals surface area (Å²) in [5.74, 6) is 0.245. The molecule has 0 aliphatic carbocycles.